The molecule has 0 bridgehead atoms. The maximum atomic E-state index is 11.4. The number of rotatable bonds is 7. The van der Waals surface area contributed by atoms with Gasteiger partial charge in [0.2, 0.25) is 0 Å². The molecule has 0 saturated carbocycles. The molecule has 0 aromatic heterocycles. The summed E-state index contributed by atoms with van der Waals surface area (Å²) < 4.78 is 5.67. The largest absolute Gasteiger partial charge is 0.507 e. The van der Waals surface area contributed by atoms with E-state index < -0.39 is 5.97 Å². The lowest BCUT2D eigenvalue weighted by Crippen LogP contribution is -2.03. The molecule has 2 aromatic carbocycles. The Labute approximate surface area is 148 Å². The maximum Gasteiger partial charge on any atom is 0.340 e. The molecule has 0 fully saturated rings. The van der Waals surface area contributed by atoms with E-state index in [0.29, 0.717) is 18.8 Å². The molecule has 0 amide bonds. The van der Waals surface area contributed by atoms with Gasteiger partial charge in [-0.05, 0) is 18.1 Å². The highest BCUT2D eigenvalue weighted by molar-refractivity contribution is 5.94. The van der Waals surface area contributed by atoms with E-state index >= 15 is 0 Å². The number of ether oxygens (including phenoxy) is 1. The predicted molar refractivity (Wildman–Crippen MR) is 96.9 cm³/mol. The second kappa shape index (κ2) is 9.39. The van der Waals surface area contributed by atoms with Crippen LogP contribution in [-0.4, -0.2) is 16.2 Å². The number of aromatic hydroxyl groups is 1. The number of unbranched alkanes of at least 4 members (excludes halogenated alkanes) is 3. The molecular weight excluding hydrogens is 316 g/mol. The third-order valence-electron chi connectivity index (χ3n) is 3.68. The van der Waals surface area contributed by atoms with Gasteiger partial charge in [0.15, 0.2) is 0 Å². The van der Waals surface area contributed by atoms with Crippen molar-refractivity contribution in [1.82, 2.24) is 0 Å². The molecule has 0 atom stereocenters. The van der Waals surface area contributed by atoms with Crippen LogP contribution in [0.1, 0.15) is 54.1 Å². The van der Waals surface area contributed by atoms with Crippen molar-refractivity contribution >= 4 is 5.97 Å². The van der Waals surface area contributed by atoms with Crippen LogP contribution in [0.25, 0.3) is 0 Å². The van der Waals surface area contributed by atoms with Gasteiger partial charge in [0.05, 0.1) is 0 Å². The van der Waals surface area contributed by atoms with Gasteiger partial charge in [-0.25, -0.2) is 4.79 Å². The Morgan fingerprint density at radius 1 is 1.16 bits per heavy atom. The van der Waals surface area contributed by atoms with E-state index in [2.05, 4.69) is 18.8 Å². The number of aromatic carboxylic acids is 1. The standard InChI is InChI=1S/C21H22O4/c1-2-3-4-5-9-12-17-13-18(14-19(22)20(17)21(23)24)25-15-16-10-7-6-8-11-16/h6-8,10-11,13-14,22H,2-5,15H2,1H3,(H,23,24). The van der Waals surface area contributed by atoms with Crippen molar-refractivity contribution in [2.45, 2.75) is 39.2 Å². The number of carboxylic acid groups (broad SMARTS) is 1. The van der Waals surface area contributed by atoms with Gasteiger partial charge in [0, 0.05) is 18.1 Å². The van der Waals surface area contributed by atoms with E-state index in [9.17, 15) is 15.0 Å². The van der Waals surface area contributed by atoms with Crippen LogP contribution in [0, 0.1) is 11.8 Å². The maximum absolute atomic E-state index is 11.4. The fourth-order valence-corrected chi connectivity index (χ4v) is 2.37. The molecule has 2 N–H and O–H groups in total. The zero-order chi connectivity index (χ0) is 18.1. The molecule has 0 spiro atoms. The molecule has 0 heterocycles. The van der Waals surface area contributed by atoms with E-state index in [0.717, 1.165) is 24.8 Å². The molecule has 2 aromatic rings. The molecular formula is C21H22O4. The molecule has 0 aliphatic rings. The van der Waals surface area contributed by atoms with Crippen LogP contribution in [0.4, 0.5) is 0 Å². The summed E-state index contributed by atoms with van der Waals surface area (Å²) in [7, 11) is 0. The first-order chi connectivity index (χ1) is 12.1. The highest BCUT2D eigenvalue weighted by Gasteiger charge is 2.16. The van der Waals surface area contributed by atoms with Crippen LogP contribution >= 0.6 is 0 Å². The van der Waals surface area contributed by atoms with Gasteiger partial charge in [-0.3, -0.25) is 0 Å². The quantitative estimate of drug-likeness (QED) is 0.572. The van der Waals surface area contributed by atoms with Gasteiger partial charge < -0.3 is 14.9 Å². The van der Waals surface area contributed by atoms with Crippen molar-refractivity contribution in [3.8, 4) is 23.3 Å². The zero-order valence-corrected chi connectivity index (χ0v) is 14.3. The average Bonchev–Trinajstić information content (AvgIpc) is 2.60. The number of benzene rings is 2. The monoisotopic (exact) mass is 338 g/mol. The summed E-state index contributed by atoms with van der Waals surface area (Å²) in [6.07, 6.45) is 3.86. The Bertz CT molecular complexity index is 770. The van der Waals surface area contributed by atoms with Gasteiger partial charge in [0.25, 0.3) is 0 Å². The number of phenols is 1. The zero-order valence-electron chi connectivity index (χ0n) is 14.3. The molecule has 130 valence electrons. The summed E-state index contributed by atoms with van der Waals surface area (Å²) in [6, 6.07) is 12.5. The summed E-state index contributed by atoms with van der Waals surface area (Å²) in [6.45, 7) is 2.44. The summed E-state index contributed by atoms with van der Waals surface area (Å²) >= 11 is 0. The van der Waals surface area contributed by atoms with Gasteiger partial charge in [-0.2, -0.15) is 0 Å². The van der Waals surface area contributed by atoms with Crippen LogP contribution < -0.4 is 4.74 Å². The second-order valence-electron chi connectivity index (χ2n) is 5.70. The van der Waals surface area contributed by atoms with Crippen molar-refractivity contribution in [2.75, 3.05) is 0 Å². The predicted octanol–water partition coefficient (Wildman–Crippen LogP) is 4.60. The van der Waals surface area contributed by atoms with Crippen molar-refractivity contribution in [3.63, 3.8) is 0 Å². The molecule has 0 saturated heterocycles. The summed E-state index contributed by atoms with van der Waals surface area (Å²) in [5.74, 6) is 4.69. The average molecular weight is 338 g/mol. The van der Waals surface area contributed by atoms with E-state index in [-0.39, 0.29) is 16.9 Å². The van der Waals surface area contributed by atoms with Crippen LogP contribution in [0.15, 0.2) is 42.5 Å². The first-order valence-corrected chi connectivity index (χ1v) is 8.37. The Kier molecular flexibility index (Phi) is 6.91. The number of carboxylic acids is 1. The molecule has 0 radical (unpaired) electrons. The fraction of sp³-hybridized carbons (Fsp3) is 0.286. The molecule has 0 aliphatic carbocycles. The minimum Gasteiger partial charge on any atom is -0.507 e. The molecule has 4 heteroatoms. The number of hydrogen-bond donors (Lipinski definition) is 2. The van der Waals surface area contributed by atoms with Crippen molar-refractivity contribution < 1.29 is 19.7 Å². The minimum atomic E-state index is -1.20. The molecule has 25 heavy (non-hydrogen) atoms. The summed E-state index contributed by atoms with van der Waals surface area (Å²) in [5.41, 5.74) is 1.07. The van der Waals surface area contributed by atoms with Gasteiger partial charge in [-0.1, -0.05) is 61.9 Å². The number of carbonyl (C=O) groups is 1. The van der Waals surface area contributed by atoms with Gasteiger partial charge >= 0.3 is 5.97 Å². The second-order valence-corrected chi connectivity index (χ2v) is 5.70. The lowest BCUT2D eigenvalue weighted by Gasteiger charge is -2.10. The first kappa shape index (κ1) is 18.4. The normalized spacial score (nSPS) is 9.96. The van der Waals surface area contributed by atoms with Crippen LogP contribution in [0.2, 0.25) is 0 Å². The van der Waals surface area contributed by atoms with Gasteiger partial charge in [0.1, 0.15) is 23.7 Å². The van der Waals surface area contributed by atoms with E-state index in [4.69, 9.17) is 4.74 Å². The third kappa shape index (κ3) is 5.58. The Hall–Kier alpha value is -2.93. The molecule has 0 aliphatic heterocycles. The lowest BCUT2D eigenvalue weighted by molar-refractivity contribution is 0.0693. The Balaban J connectivity index is 2.19. The highest BCUT2D eigenvalue weighted by atomic mass is 16.5. The fourth-order valence-electron chi connectivity index (χ4n) is 2.37. The summed E-state index contributed by atoms with van der Waals surface area (Å²) in [4.78, 5) is 11.4. The molecule has 0 unspecified atom stereocenters. The molecule has 2 rings (SSSR count). The Morgan fingerprint density at radius 2 is 1.92 bits per heavy atom. The smallest absolute Gasteiger partial charge is 0.340 e. The van der Waals surface area contributed by atoms with Gasteiger partial charge in [-0.15, -0.1) is 0 Å². The van der Waals surface area contributed by atoms with Crippen LogP contribution in [-0.2, 0) is 6.61 Å². The summed E-state index contributed by atoms with van der Waals surface area (Å²) in [5, 5.41) is 19.4. The lowest BCUT2D eigenvalue weighted by atomic mass is 10.1. The SMILES string of the molecule is CCCCCC#Cc1cc(OCc2ccccc2)cc(O)c1C(=O)O. The highest BCUT2D eigenvalue weighted by Crippen LogP contribution is 2.28. The number of hydrogen-bond acceptors (Lipinski definition) is 3. The van der Waals surface area contributed by atoms with E-state index in [1.165, 1.54) is 6.07 Å². The molecule has 4 nitrogen and oxygen atoms in total. The third-order valence-corrected chi connectivity index (χ3v) is 3.68. The Morgan fingerprint density at radius 3 is 2.60 bits per heavy atom. The minimum absolute atomic E-state index is 0.185. The van der Waals surface area contributed by atoms with E-state index in [1.54, 1.807) is 6.07 Å². The van der Waals surface area contributed by atoms with Crippen LogP contribution in [0.5, 0.6) is 11.5 Å². The topological polar surface area (TPSA) is 66.8 Å². The van der Waals surface area contributed by atoms with Crippen molar-refractivity contribution in [1.29, 1.82) is 0 Å². The first-order valence-electron chi connectivity index (χ1n) is 8.37. The van der Waals surface area contributed by atoms with E-state index in [1.807, 2.05) is 30.3 Å². The van der Waals surface area contributed by atoms with Crippen molar-refractivity contribution in [2.24, 2.45) is 0 Å². The van der Waals surface area contributed by atoms with Crippen LogP contribution in [0.3, 0.4) is 0 Å². The van der Waals surface area contributed by atoms with Crippen molar-refractivity contribution in [3.05, 3.63) is 59.2 Å².